The number of sulfonamides is 1. The summed E-state index contributed by atoms with van der Waals surface area (Å²) in [6.45, 7) is 3.83. The van der Waals surface area contributed by atoms with Crippen LogP contribution >= 0.6 is 0 Å². The zero-order valence-electron chi connectivity index (χ0n) is 14.2. The number of fused-ring (bicyclic) bond motifs is 1. The summed E-state index contributed by atoms with van der Waals surface area (Å²) in [5, 5.41) is 0. The van der Waals surface area contributed by atoms with Crippen LogP contribution in [0, 0.1) is 13.8 Å². The number of hydrogen-bond acceptors (Lipinski definition) is 6. The Morgan fingerprint density at radius 3 is 2.42 bits per heavy atom. The third-order valence-corrected chi connectivity index (χ3v) is 5.85. The molecule has 0 atom stereocenters. The Kier molecular flexibility index (Phi) is 3.84. The molecule has 0 spiro atoms. The first-order valence-electron chi connectivity index (χ1n) is 8.01. The lowest BCUT2D eigenvalue weighted by molar-refractivity contribution is 0.437. The molecule has 0 unspecified atom stereocenters. The molecule has 0 N–H and O–H groups in total. The minimum Gasteiger partial charge on any atom is -0.424 e. The van der Waals surface area contributed by atoms with E-state index in [-0.39, 0.29) is 23.4 Å². The maximum absolute atomic E-state index is 12.8. The third kappa shape index (κ3) is 2.88. The van der Waals surface area contributed by atoms with Gasteiger partial charge in [0.15, 0.2) is 0 Å². The van der Waals surface area contributed by atoms with Gasteiger partial charge in [-0.2, -0.15) is 15.0 Å². The van der Waals surface area contributed by atoms with Gasteiger partial charge in [-0.1, -0.05) is 35.9 Å². The summed E-state index contributed by atoms with van der Waals surface area (Å²) in [6.07, 6.45) is 0. The minimum absolute atomic E-state index is 0.0517. The second kappa shape index (κ2) is 6.06. The van der Waals surface area contributed by atoms with Gasteiger partial charge in [0.25, 0.3) is 10.0 Å². The van der Waals surface area contributed by atoms with Crippen LogP contribution in [0.1, 0.15) is 17.0 Å². The zero-order valence-corrected chi connectivity index (χ0v) is 15.1. The highest BCUT2D eigenvalue weighted by Gasteiger charge is 2.36. The van der Waals surface area contributed by atoms with Crippen molar-refractivity contribution in [1.82, 2.24) is 15.0 Å². The summed E-state index contributed by atoms with van der Waals surface area (Å²) in [4.78, 5) is 12.8. The topological polar surface area (TPSA) is 85.3 Å². The van der Waals surface area contributed by atoms with E-state index in [4.69, 9.17) is 4.74 Å². The minimum atomic E-state index is -3.69. The fourth-order valence-electron chi connectivity index (χ4n) is 2.74. The molecule has 26 heavy (non-hydrogen) atoms. The summed E-state index contributed by atoms with van der Waals surface area (Å²) in [6, 6.07) is 14.4. The molecule has 0 radical (unpaired) electrons. The van der Waals surface area contributed by atoms with Crippen molar-refractivity contribution in [3.8, 4) is 11.8 Å². The van der Waals surface area contributed by atoms with E-state index in [9.17, 15) is 8.42 Å². The van der Waals surface area contributed by atoms with Crippen LogP contribution < -0.4 is 9.04 Å². The molecule has 1 aliphatic rings. The van der Waals surface area contributed by atoms with E-state index < -0.39 is 10.0 Å². The number of aromatic nitrogens is 3. The molecule has 0 saturated heterocycles. The summed E-state index contributed by atoms with van der Waals surface area (Å²) >= 11 is 0. The molecule has 0 amide bonds. The molecule has 0 bridgehead atoms. The van der Waals surface area contributed by atoms with Crippen LogP contribution in [0.4, 0.5) is 5.95 Å². The Bertz CT molecular complexity index is 1080. The fourth-order valence-corrected chi connectivity index (χ4v) is 4.29. The first kappa shape index (κ1) is 16.5. The van der Waals surface area contributed by atoms with Gasteiger partial charge in [0, 0.05) is 0 Å². The van der Waals surface area contributed by atoms with Gasteiger partial charge < -0.3 is 4.74 Å². The van der Waals surface area contributed by atoms with Gasteiger partial charge in [-0.05, 0) is 37.6 Å². The highest BCUT2D eigenvalue weighted by Crippen LogP contribution is 2.33. The second-order valence-electron chi connectivity index (χ2n) is 6.00. The Balaban J connectivity index is 1.70. The molecule has 0 fully saturated rings. The third-order valence-electron chi connectivity index (χ3n) is 4.02. The van der Waals surface area contributed by atoms with Crippen molar-refractivity contribution < 1.29 is 13.2 Å². The highest BCUT2D eigenvalue weighted by molar-refractivity contribution is 7.93. The van der Waals surface area contributed by atoms with Crippen molar-refractivity contribution in [3.63, 3.8) is 0 Å². The lowest BCUT2D eigenvalue weighted by Crippen LogP contribution is -2.26. The predicted octanol–water partition coefficient (Wildman–Crippen LogP) is 2.99. The van der Waals surface area contributed by atoms with E-state index in [0.29, 0.717) is 17.1 Å². The van der Waals surface area contributed by atoms with Crippen LogP contribution in [0.3, 0.4) is 0 Å². The Hall–Kier alpha value is -3.00. The molecule has 132 valence electrons. The van der Waals surface area contributed by atoms with Crippen molar-refractivity contribution in [2.24, 2.45) is 0 Å². The molecular formula is C18H16N4O3S. The van der Waals surface area contributed by atoms with Gasteiger partial charge >= 0.3 is 6.01 Å². The number of rotatable bonds is 3. The normalized spacial score (nSPS) is 14.9. The van der Waals surface area contributed by atoms with Crippen LogP contribution in [0.5, 0.6) is 11.8 Å². The van der Waals surface area contributed by atoms with Gasteiger partial charge in [-0.3, -0.25) is 0 Å². The average molecular weight is 368 g/mol. The maximum Gasteiger partial charge on any atom is 0.327 e. The fraction of sp³-hybridized carbons (Fsp3) is 0.167. The first-order chi connectivity index (χ1) is 12.4. The second-order valence-corrected chi connectivity index (χ2v) is 7.83. The molecule has 4 rings (SSSR count). The number of aryl methyl sites for hydroxylation is 2. The van der Waals surface area contributed by atoms with Gasteiger partial charge in [-0.15, -0.1) is 0 Å². The van der Waals surface area contributed by atoms with Gasteiger partial charge in [0.05, 0.1) is 11.4 Å². The molecular weight excluding hydrogens is 352 g/mol. The monoisotopic (exact) mass is 368 g/mol. The van der Waals surface area contributed by atoms with E-state index in [1.165, 1.54) is 4.31 Å². The van der Waals surface area contributed by atoms with E-state index in [1.54, 1.807) is 37.3 Å². The standard InChI is InChI=1S/C18H16N4O3S/c1-12-7-9-15(10-8-12)25-18-20-13(2)19-17(21-18)22-11-14-5-3-4-6-16(14)26(22,23)24/h3-10H,11H2,1-2H3. The lowest BCUT2D eigenvalue weighted by atomic mass is 10.2. The largest absolute Gasteiger partial charge is 0.424 e. The molecule has 8 heteroatoms. The van der Waals surface area contributed by atoms with Crippen LogP contribution in [0.25, 0.3) is 0 Å². The lowest BCUT2D eigenvalue weighted by Gasteiger charge is -2.15. The van der Waals surface area contributed by atoms with Crippen molar-refractivity contribution in [3.05, 3.63) is 65.5 Å². The van der Waals surface area contributed by atoms with Crippen LogP contribution in [0.15, 0.2) is 53.4 Å². The van der Waals surface area contributed by atoms with Gasteiger partial charge in [-0.25, -0.2) is 12.7 Å². The maximum atomic E-state index is 12.8. The van der Waals surface area contributed by atoms with E-state index in [1.807, 2.05) is 25.1 Å². The predicted molar refractivity (Wildman–Crippen MR) is 95.6 cm³/mol. The number of hydrogen-bond donors (Lipinski definition) is 0. The van der Waals surface area contributed by atoms with Crippen LogP contribution in [-0.4, -0.2) is 23.4 Å². The van der Waals surface area contributed by atoms with Crippen molar-refractivity contribution in [1.29, 1.82) is 0 Å². The molecule has 0 saturated carbocycles. The number of nitrogens with zero attached hydrogens (tertiary/aromatic N) is 4. The van der Waals surface area contributed by atoms with Gasteiger partial charge in [0.2, 0.25) is 5.95 Å². The van der Waals surface area contributed by atoms with Gasteiger partial charge in [0.1, 0.15) is 11.6 Å². The molecule has 3 aromatic rings. The number of anilines is 1. The number of benzene rings is 2. The summed E-state index contributed by atoms with van der Waals surface area (Å²) in [7, 11) is -3.69. The summed E-state index contributed by atoms with van der Waals surface area (Å²) in [5.74, 6) is 0.999. The Morgan fingerprint density at radius 1 is 0.962 bits per heavy atom. The summed E-state index contributed by atoms with van der Waals surface area (Å²) in [5.41, 5.74) is 1.82. The quantitative estimate of drug-likeness (QED) is 0.706. The van der Waals surface area contributed by atoms with E-state index in [0.717, 1.165) is 5.56 Å². The SMILES string of the molecule is Cc1ccc(Oc2nc(C)nc(N3Cc4ccccc4S3(=O)=O)n2)cc1. The number of ether oxygens (including phenoxy) is 1. The Morgan fingerprint density at radius 2 is 1.69 bits per heavy atom. The Labute approximate surface area is 151 Å². The molecule has 1 aliphatic heterocycles. The van der Waals surface area contributed by atoms with E-state index in [2.05, 4.69) is 15.0 Å². The first-order valence-corrected chi connectivity index (χ1v) is 9.45. The van der Waals surface area contributed by atoms with Crippen molar-refractivity contribution >= 4 is 16.0 Å². The summed E-state index contributed by atoms with van der Waals surface area (Å²) < 4.78 is 32.4. The van der Waals surface area contributed by atoms with E-state index >= 15 is 0 Å². The smallest absolute Gasteiger partial charge is 0.327 e. The molecule has 0 aliphatic carbocycles. The zero-order chi connectivity index (χ0) is 18.3. The van der Waals surface area contributed by atoms with Crippen molar-refractivity contribution in [2.75, 3.05) is 4.31 Å². The molecule has 2 heterocycles. The molecule has 7 nitrogen and oxygen atoms in total. The van der Waals surface area contributed by atoms with Crippen molar-refractivity contribution in [2.45, 2.75) is 25.3 Å². The molecule has 1 aromatic heterocycles. The van der Waals surface area contributed by atoms with Crippen LogP contribution in [-0.2, 0) is 16.6 Å². The molecule has 2 aromatic carbocycles. The average Bonchev–Trinajstić information content (AvgIpc) is 2.88. The highest BCUT2D eigenvalue weighted by atomic mass is 32.2. The van der Waals surface area contributed by atoms with Crippen LogP contribution in [0.2, 0.25) is 0 Å².